The zero-order chi connectivity index (χ0) is 12.3. The van der Waals surface area contributed by atoms with Crippen LogP contribution in [0.1, 0.15) is 17.5 Å². The molecule has 1 aromatic rings. The Morgan fingerprint density at radius 1 is 1.41 bits per heavy atom. The standard InChI is InChI=1S/C13H18N2O2/c14-8-11-4-2-1-3-10(11)7-13(17)15-6-5-12(16)9-15/h1-4,12,16H,5-9,14H2/t12-/m1/s1. The van der Waals surface area contributed by atoms with E-state index in [2.05, 4.69) is 0 Å². The van der Waals surface area contributed by atoms with Gasteiger partial charge in [-0.3, -0.25) is 4.79 Å². The highest BCUT2D eigenvalue weighted by Crippen LogP contribution is 2.14. The van der Waals surface area contributed by atoms with Crippen LogP contribution in [0, 0.1) is 0 Å². The van der Waals surface area contributed by atoms with Crippen LogP contribution in [-0.4, -0.2) is 35.1 Å². The molecule has 17 heavy (non-hydrogen) atoms. The summed E-state index contributed by atoms with van der Waals surface area (Å²) in [6.07, 6.45) is 0.702. The fourth-order valence-corrected chi connectivity index (χ4v) is 2.17. The van der Waals surface area contributed by atoms with Crippen molar-refractivity contribution in [2.45, 2.75) is 25.5 Å². The summed E-state index contributed by atoms with van der Waals surface area (Å²) in [4.78, 5) is 13.7. The number of benzene rings is 1. The van der Waals surface area contributed by atoms with Gasteiger partial charge in [0.2, 0.25) is 5.91 Å². The number of β-amino-alcohol motifs (C(OH)–C–C–N with tert-alkyl or cyclic N) is 1. The molecule has 0 radical (unpaired) electrons. The van der Waals surface area contributed by atoms with Gasteiger partial charge >= 0.3 is 0 Å². The third-order valence-electron chi connectivity index (χ3n) is 3.20. The number of carbonyl (C=O) groups is 1. The second-order valence-electron chi connectivity index (χ2n) is 4.43. The van der Waals surface area contributed by atoms with Gasteiger partial charge in [0.05, 0.1) is 12.5 Å². The van der Waals surface area contributed by atoms with Crippen molar-refractivity contribution in [3.05, 3.63) is 35.4 Å². The molecule has 0 aliphatic carbocycles. The van der Waals surface area contributed by atoms with Crippen LogP contribution in [0.5, 0.6) is 0 Å². The van der Waals surface area contributed by atoms with Crippen molar-refractivity contribution >= 4 is 5.91 Å². The van der Waals surface area contributed by atoms with Crippen LogP contribution in [0.25, 0.3) is 0 Å². The van der Waals surface area contributed by atoms with E-state index in [1.165, 1.54) is 0 Å². The van der Waals surface area contributed by atoms with Crippen LogP contribution in [0.3, 0.4) is 0 Å². The van der Waals surface area contributed by atoms with E-state index in [0.717, 1.165) is 11.1 Å². The van der Waals surface area contributed by atoms with E-state index < -0.39 is 0 Å². The van der Waals surface area contributed by atoms with E-state index in [-0.39, 0.29) is 12.0 Å². The molecule has 1 atom stereocenters. The van der Waals surface area contributed by atoms with Crippen LogP contribution >= 0.6 is 0 Å². The first kappa shape index (κ1) is 12.1. The quantitative estimate of drug-likeness (QED) is 0.789. The number of amides is 1. The Morgan fingerprint density at radius 2 is 2.12 bits per heavy atom. The average molecular weight is 234 g/mol. The van der Waals surface area contributed by atoms with Gasteiger partial charge in [-0.15, -0.1) is 0 Å². The fourth-order valence-electron chi connectivity index (χ4n) is 2.17. The van der Waals surface area contributed by atoms with Crippen molar-refractivity contribution in [2.24, 2.45) is 5.73 Å². The molecule has 1 fully saturated rings. The van der Waals surface area contributed by atoms with E-state index in [4.69, 9.17) is 5.73 Å². The summed E-state index contributed by atoms with van der Waals surface area (Å²) in [5.41, 5.74) is 7.64. The normalized spacial score (nSPS) is 19.6. The van der Waals surface area contributed by atoms with Gasteiger partial charge in [-0.1, -0.05) is 24.3 Å². The molecular weight excluding hydrogens is 216 g/mol. The SMILES string of the molecule is NCc1ccccc1CC(=O)N1CC[C@@H](O)C1. The zero-order valence-electron chi connectivity index (χ0n) is 9.80. The number of carbonyl (C=O) groups excluding carboxylic acids is 1. The monoisotopic (exact) mass is 234 g/mol. The summed E-state index contributed by atoms with van der Waals surface area (Å²) in [6.45, 7) is 1.57. The van der Waals surface area contributed by atoms with Crippen molar-refractivity contribution in [3.8, 4) is 0 Å². The molecular formula is C13H18N2O2. The maximum absolute atomic E-state index is 12.0. The van der Waals surface area contributed by atoms with Crippen LogP contribution in [0.15, 0.2) is 24.3 Å². The van der Waals surface area contributed by atoms with Gasteiger partial charge in [0, 0.05) is 19.6 Å². The van der Waals surface area contributed by atoms with E-state index in [0.29, 0.717) is 32.5 Å². The minimum absolute atomic E-state index is 0.0717. The zero-order valence-corrected chi connectivity index (χ0v) is 9.80. The number of likely N-dealkylation sites (tertiary alicyclic amines) is 1. The Kier molecular flexibility index (Phi) is 3.76. The number of hydrogen-bond donors (Lipinski definition) is 2. The van der Waals surface area contributed by atoms with E-state index in [1.54, 1.807) is 4.90 Å². The molecule has 1 aliphatic rings. The first-order valence-corrected chi connectivity index (χ1v) is 5.93. The van der Waals surface area contributed by atoms with E-state index in [1.807, 2.05) is 24.3 Å². The predicted octanol–water partition coefficient (Wildman–Crippen LogP) is 0.281. The second-order valence-corrected chi connectivity index (χ2v) is 4.43. The van der Waals surface area contributed by atoms with Crippen molar-refractivity contribution in [1.29, 1.82) is 0 Å². The number of hydrogen-bond acceptors (Lipinski definition) is 3. The van der Waals surface area contributed by atoms with Gasteiger partial charge in [0.25, 0.3) is 0 Å². The van der Waals surface area contributed by atoms with Crippen LogP contribution < -0.4 is 5.73 Å². The van der Waals surface area contributed by atoms with Gasteiger partial charge in [-0.05, 0) is 17.5 Å². The lowest BCUT2D eigenvalue weighted by atomic mass is 10.0. The summed E-state index contributed by atoms with van der Waals surface area (Å²) >= 11 is 0. The van der Waals surface area contributed by atoms with Gasteiger partial charge < -0.3 is 15.7 Å². The minimum atomic E-state index is -0.358. The highest BCUT2D eigenvalue weighted by Gasteiger charge is 2.24. The molecule has 1 aliphatic heterocycles. The number of rotatable bonds is 3. The molecule has 2 rings (SSSR count). The van der Waals surface area contributed by atoms with Crippen molar-refractivity contribution in [3.63, 3.8) is 0 Å². The third-order valence-corrected chi connectivity index (χ3v) is 3.20. The molecule has 92 valence electrons. The summed E-state index contributed by atoms with van der Waals surface area (Å²) in [6, 6.07) is 7.73. The summed E-state index contributed by atoms with van der Waals surface area (Å²) in [7, 11) is 0. The fraction of sp³-hybridized carbons (Fsp3) is 0.462. The lowest BCUT2D eigenvalue weighted by molar-refractivity contribution is -0.129. The maximum Gasteiger partial charge on any atom is 0.227 e. The molecule has 1 saturated heterocycles. The molecule has 0 bridgehead atoms. The van der Waals surface area contributed by atoms with Gasteiger partial charge in [0.1, 0.15) is 0 Å². The molecule has 0 spiro atoms. The highest BCUT2D eigenvalue weighted by atomic mass is 16.3. The Labute approximate surface area is 101 Å². The molecule has 0 unspecified atom stereocenters. The molecule has 0 saturated carbocycles. The first-order chi connectivity index (χ1) is 8.20. The number of aliphatic hydroxyl groups excluding tert-OH is 1. The smallest absolute Gasteiger partial charge is 0.227 e. The average Bonchev–Trinajstić information content (AvgIpc) is 2.77. The van der Waals surface area contributed by atoms with Crippen molar-refractivity contribution < 1.29 is 9.90 Å². The Balaban J connectivity index is 2.03. The maximum atomic E-state index is 12.0. The second kappa shape index (κ2) is 5.29. The van der Waals surface area contributed by atoms with Gasteiger partial charge in [-0.2, -0.15) is 0 Å². The van der Waals surface area contributed by atoms with Crippen molar-refractivity contribution in [1.82, 2.24) is 4.90 Å². The first-order valence-electron chi connectivity index (χ1n) is 5.93. The number of nitrogens with zero attached hydrogens (tertiary/aromatic N) is 1. The number of aliphatic hydroxyl groups is 1. The third kappa shape index (κ3) is 2.84. The lowest BCUT2D eigenvalue weighted by Crippen LogP contribution is -2.31. The molecule has 1 aromatic carbocycles. The molecule has 4 heteroatoms. The number of nitrogens with two attached hydrogens (primary N) is 1. The van der Waals surface area contributed by atoms with Crippen molar-refractivity contribution in [2.75, 3.05) is 13.1 Å². The van der Waals surface area contributed by atoms with E-state index >= 15 is 0 Å². The topological polar surface area (TPSA) is 66.6 Å². The molecule has 0 aromatic heterocycles. The Bertz CT molecular complexity index is 406. The largest absolute Gasteiger partial charge is 0.391 e. The minimum Gasteiger partial charge on any atom is -0.391 e. The molecule has 1 amide bonds. The highest BCUT2D eigenvalue weighted by molar-refractivity contribution is 5.79. The summed E-state index contributed by atoms with van der Waals surface area (Å²) in [5.74, 6) is 0.0717. The Morgan fingerprint density at radius 3 is 2.71 bits per heavy atom. The van der Waals surface area contributed by atoms with E-state index in [9.17, 15) is 9.90 Å². The van der Waals surface area contributed by atoms with Crippen LogP contribution in [-0.2, 0) is 17.8 Å². The predicted molar refractivity (Wildman–Crippen MR) is 65.2 cm³/mol. The van der Waals surface area contributed by atoms with Crippen LogP contribution in [0.2, 0.25) is 0 Å². The summed E-state index contributed by atoms with van der Waals surface area (Å²) < 4.78 is 0. The molecule has 4 nitrogen and oxygen atoms in total. The Hall–Kier alpha value is -1.39. The van der Waals surface area contributed by atoms with Gasteiger partial charge in [0.15, 0.2) is 0 Å². The summed E-state index contributed by atoms with van der Waals surface area (Å²) in [5, 5.41) is 9.40. The van der Waals surface area contributed by atoms with Crippen LogP contribution in [0.4, 0.5) is 0 Å². The molecule has 1 heterocycles. The lowest BCUT2D eigenvalue weighted by Gasteiger charge is -2.16. The van der Waals surface area contributed by atoms with Gasteiger partial charge in [-0.25, -0.2) is 0 Å². The molecule has 3 N–H and O–H groups in total.